The molecule has 5 nitrogen and oxygen atoms in total. The van der Waals surface area contributed by atoms with Crippen LogP contribution in [-0.2, 0) is 16.4 Å². The zero-order chi connectivity index (χ0) is 13.9. The van der Waals surface area contributed by atoms with E-state index >= 15 is 0 Å². The second-order valence-corrected chi connectivity index (χ2v) is 6.53. The summed E-state index contributed by atoms with van der Waals surface area (Å²) >= 11 is 3.22. The van der Waals surface area contributed by atoms with E-state index in [1.54, 1.807) is 24.5 Å². The summed E-state index contributed by atoms with van der Waals surface area (Å²) in [6, 6.07) is 8.08. The van der Waals surface area contributed by atoms with Crippen LogP contribution in [0, 0.1) is 0 Å². The van der Waals surface area contributed by atoms with E-state index in [1.807, 2.05) is 0 Å². The van der Waals surface area contributed by atoms with Crippen molar-refractivity contribution in [1.82, 2.24) is 4.72 Å². The first-order chi connectivity index (χ1) is 8.99. The number of nitrogens with one attached hydrogen (secondary N) is 1. The summed E-state index contributed by atoms with van der Waals surface area (Å²) in [5.41, 5.74) is 6.05. The SMILES string of the molecule is Nc1cc(S(=O)(=O)NCCc2ccco2)ccc1Br. The molecule has 0 spiro atoms. The Balaban J connectivity index is 2.03. The molecular formula is C12H13BrN2O3S. The van der Waals surface area contributed by atoms with E-state index in [9.17, 15) is 8.42 Å². The molecule has 0 atom stereocenters. The largest absolute Gasteiger partial charge is 0.469 e. The van der Waals surface area contributed by atoms with Crippen molar-refractivity contribution in [3.63, 3.8) is 0 Å². The summed E-state index contributed by atoms with van der Waals surface area (Å²) in [6.45, 7) is 0.270. The maximum atomic E-state index is 12.0. The highest BCUT2D eigenvalue weighted by molar-refractivity contribution is 9.10. The lowest BCUT2D eigenvalue weighted by atomic mass is 10.3. The molecular weight excluding hydrogens is 332 g/mol. The number of halogens is 1. The number of anilines is 1. The summed E-state index contributed by atoms with van der Waals surface area (Å²) in [5, 5.41) is 0. The van der Waals surface area contributed by atoms with Crippen LogP contribution in [0.3, 0.4) is 0 Å². The summed E-state index contributed by atoms with van der Waals surface area (Å²) in [6.07, 6.45) is 2.05. The standard InChI is InChI=1S/C12H13BrN2O3S/c13-11-4-3-10(8-12(11)14)19(16,17)15-6-5-9-2-1-7-18-9/h1-4,7-8,15H,5-6,14H2. The number of nitrogens with two attached hydrogens (primary N) is 1. The first-order valence-corrected chi connectivity index (χ1v) is 7.84. The van der Waals surface area contributed by atoms with Crippen molar-refractivity contribution in [3.8, 4) is 0 Å². The zero-order valence-corrected chi connectivity index (χ0v) is 12.4. The molecule has 0 radical (unpaired) electrons. The van der Waals surface area contributed by atoms with Gasteiger partial charge in [-0.2, -0.15) is 0 Å². The van der Waals surface area contributed by atoms with Gasteiger partial charge < -0.3 is 10.2 Å². The Labute approximate surface area is 120 Å². The van der Waals surface area contributed by atoms with Crippen LogP contribution in [0.5, 0.6) is 0 Å². The van der Waals surface area contributed by atoms with Gasteiger partial charge in [-0.25, -0.2) is 13.1 Å². The van der Waals surface area contributed by atoms with E-state index in [-0.39, 0.29) is 11.4 Å². The Morgan fingerprint density at radius 3 is 2.74 bits per heavy atom. The zero-order valence-electron chi connectivity index (χ0n) is 9.97. The number of furan rings is 1. The number of hydrogen-bond acceptors (Lipinski definition) is 4. The van der Waals surface area contributed by atoms with Crippen molar-refractivity contribution in [2.45, 2.75) is 11.3 Å². The third-order valence-corrected chi connectivity index (χ3v) is 4.70. The molecule has 2 aromatic rings. The van der Waals surface area contributed by atoms with Crippen LogP contribution in [0.1, 0.15) is 5.76 Å². The lowest BCUT2D eigenvalue weighted by Crippen LogP contribution is -2.26. The smallest absolute Gasteiger partial charge is 0.240 e. The number of benzene rings is 1. The second kappa shape index (κ2) is 5.77. The van der Waals surface area contributed by atoms with Crippen LogP contribution in [0.2, 0.25) is 0 Å². The molecule has 0 amide bonds. The third-order valence-electron chi connectivity index (χ3n) is 2.52. The van der Waals surface area contributed by atoms with Crippen LogP contribution >= 0.6 is 15.9 Å². The lowest BCUT2D eigenvalue weighted by Gasteiger charge is -2.07. The molecule has 0 aliphatic rings. The Kier molecular flexibility index (Phi) is 4.28. The summed E-state index contributed by atoms with van der Waals surface area (Å²) in [7, 11) is -3.55. The van der Waals surface area contributed by atoms with E-state index < -0.39 is 10.0 Å². The van der Waals surface area contributed by atoms with E-state index in [2.05, 4.69) is 20.7 Å². The fourth-order valence-electron chi connectivity index (χ4n) is 1.54. The van der Waals surface area contributed by atoms with Crippen molar-refractivity contribution in [2.24, 2.45) is 0 Å². The average Bonchev–Trinajstić information content (AvgIpc) is 2.85. The minimum Gasteiger partial charge on any atom is -0.469 e. The average molecular weight is 345 g/mol. The molecule has 0 saturated carbocycles. The molecule has 3 N–H and O–H groups in total. The molecule has 0 fully saturated rings. The number of sulfonamides is 1. The summed E-state index contributed by atoms with van der Waals surface area (Å²) < 4.78 is 32.3. The van der Waals surface area contributed by atoms with Gasteiger partial charge in [-0.05, 0) is 46.3 Å². The first-order valence-electron chi connectivity index (χ1n) is 5.56. The van der Waals surface area contributed by atoms with Crippen molar-refractivity contribution in [2.75, 3.05) is 12.3 Å². The van der Waals surface area contributed by atoms with Crippen LogP contribution in [0.15, 0.2) is 50.4 Å². The van der Waals surface area contributed by atoms with Crippen molar-refractivity contribution < 1.29 is 12.8 Å². The number of rotatable bonds is 5. The Morgan fingerprint density at radius 1 is 1.32 bits per heavy atom. The molecule has 1 aromatic carbocycles. The van der Waals surface area contributed by atoms with Crippen LogP contribution < -0.4 is 10.5 Å². The topological polar surface area (TPSA) is 85.3 Å². The van der Waals surface area contributed by atoms with E-state index in [1.165, 1.54) is 12.1 Å². The van der Waals surface area contributed by atoms with E-state index in [0.717, 1.165) is 5.76 Å². The summed E-state index contributed by atoms with van der Waals surface area (Å²) in [4.78, 5) is 0.146. The van der Waals surface area contributed by atoms with Crippen molar-refractivity contribution in [3.05, 3.63) is 46.8 Å². The minimum atomic E-state index is -3.55. The Morgan fingerprint density at radius 2 is 2.11 bits per heavy atom. The quantitative estimate of drug-likeness (QED) is 0.813. The number of nitrogen functional groups attached to an aromatic ring is 1. The molecule has 0 aliphatic heterocycles. The molecule has 1 heterocycles. The highest BCUT2D eigenvalue weighted by Gasteiger charge is 2.14. The number of hydrogen-bond donors (Lipinski definition) is 2. The van der Waals surface area contributed by atoms with Crippen LogP contribution in [0.25, 0.3) is 0 Å². The van der Waals surface area contributed by atoms with Gasteiger partial charge in [0.25, 0.3) is 0 Å². The lowest BCUT2D eigenvalue weighted by molar-refractivity contribution is 0.506. The van der Waals surface area contributed by atoms with Crippen molar-refractivity contribution >= 4 is 31.6 Å². The van der Waals surface area contributed by atoms with Gasteiger partial charge in [-0.15, -0.1) is 0 Å². The van der Waals surface area contributed by atoms with Gasteiger partial charge in [0.1, 0.15) is 5.76 Å². The normalized spacial score (nSPS) is 11.6. The highest BCUT2D eigenvalue weighted by atomic mass is 79.9. The van der Waals surface area contributed by atoms with Gasteiger partial charge in [0, 0.05) is 23.1 Å². The fraction of sp³-hybridized carbons (Fsp3) is 0.167. The van der Waals surface area contributed by atoms with Crippen LogP contribution in [0.4, 0.5) is 5.69 Å². The first kappa shape index (κ1) is 14.1. The van der Waals surface area contributed by atoms with E-state index in [4.69, 9.17) is 10.2 Å². The second-order valence-electron chi connectivity index (χ2n) is 3.91. The maximum Gasteiger partial charge on any atom is 0.240 e. The predicted octanol–water partition coefficient (Wildman–Crippen LogP) is 2.15. The highest BCUT2D eigenvalue weighted by Crippen LogP contribution is 2.22. The molecule has 1 aromatic heterocycles. The van der Waals surface area contributed by atoms with Crippen LogP contribution in [-0.4, -0.2) is 15.0 Å². The molecule has 102 valence electrons. The molecule has 7 heteroatoms. The van der Waals surface area contributed by atoms with Gasteiger partial charge in [0.05, 0.1) is 11.2 Å². The summed E-state index contributed by atoms with van der Waals surface area (Å²) in [5.74, 6) is 0.734. The van der Waals surface area contributed by atoms with Gasteiger partial charge in [0.15, 0.2) is 0 Å². The maximum absolute atomic E-state index is 12.0. The molecule has 2 rings (SSSR count). The van der Waals surface area contributed by atoms with Gasteiger partial charge in [0.2, 0.25) is 10.0 Å². The molecule has 0 aliphatic carbocycles. The van der Waals surface area contributed by atoms with Gasteiger partial charge in [-0.3, -0.25) is 0 Å². The molecule has 0 unspecified atom stereocenters. The fourth-order valence-corrected chi connectivity index (χ4v) is 2.85. The Hall–Kier alpha value is -1.31. The Bertz CT molecular complexity index is 654. The van der Waals surface area contributed by atoms with E-state index in [0.29, 0.717) is 16.6 Å². The van der Waals surface area contributed by atoms with Gasteiger partial charge >= 0.3 is 0 Å². The monoisotopic (exact) mass is 344 g/mol. The predicted molar refractivity (Wildman–Crippen MR) is 76.2 cm³/mol. The third kappa shape index (κ3) is 3.59. The molecule has 19 heavy (non-hydrogen) atoms. The van der Waals surface area contributed by atoms with Crippen molar-refractivity contribution in [1.29, 1.82) is 0 Å². The molecule has 0 bridgehead atoms. The molecule has 0 saturated heterocycles. The van der Waals surface area contributed by atoms with Gasteiger partial charge in [-0.1, -0.05) is 0 Å². The minimum absolute atomic E-state index is 0.146.